The molecule has 0 amide bonds. The normalized spacial score (nSPS) is 11.9. The zero-order chi connectivity index (χ0) is 11.3. The van der Waals surface area contributed by atoms with Crippen LogP contribution in [0.25, 0.3) is 0 Å². The highest BCUT2D eigenvalue weighted by Crippen LogP contribution is 2.29. The van der Waals surface area contributed by atoms with E-state index in [1.807, 2.05) is 19.2 Å². The molecule has 0 aliphatic carbocycles. The molecule has 1 rings (SSSR count). The van der Waals surface area contributed by atoms with Crippen LogP contribution in [0.5, 0.6) is 5.75 Å². The van der Waals surface area contributed by atoms with Crippen LogP contribution in [0.1, 0.15) is 18.0 Å². The van der Waals surface area contributed by atoms with E-state index in [0.717, 1.165) is 11.3 Å². The maximum Gasteiger partial charge on any atom is 0.123 e. The first kappa shape index (κ1) is 11.9. The Hall–Kier alpha value is -1.17. The maximum atomic E-state index is 5.94. The van der Waals surface area contributed by atoms with Gasteiger partial charge in [0.2, 0.25) is 0 Å². The third kappa shape index (κ3) is 2.89. The lowest BCUT2D eigenvalue weighted by molar-refractivity contribution is 0.402. The molecule has 3 heteroatoms. The van der Waals surface area contributed by atoms with Crippen molar-refractivity contribution in [2.45, 2.75) is 12.5 Å². The van der Waals surface area contributed by atoms with Gasteiger partial charge >= 0.3 is 0 Å². The average molecular weight is 224 g/mol. The number of halogens is 1. The predicted octanol–water partition coefficient (Wildman–Crippen LogP) is 2.63. The third-order valence-electron chi connectivity index (χ3n) is 2.24. The van der Waals surface area contributed by atoms with Crippen LogP contribution in [0, 0.1) is 12.3 Å². The molecular weight excluding hydrogens is 210 g/mol. The summed E-state index contributed by atoms with van der Waals surface area (Å²) in [4.78, 5) is 0. The number of hydrogen-bond acceptors (Lipinski definition) is 2. The van der Waals surface area contributed by atoms with Crippen LogP contribution in [-0.4, -0.2) is 14.2 Å². The van der Waals surface area contributed by atoms with Crippen molar-refractivity contribution in [3.63, 3.8) is 0 Å². The van der Waals surface area contributed by atoms with Gasteiger partial charge in [-0.3, -0.25) is 0 Å². The number of methoxy groups -OCH3 is 1. The van der Waals surface area contributed by atoms with Gasteiger partial charge in [-0.1, -0.05) is 11.6 Å². The van der Waals surface area contributed by atoms with Crippen LogP contribution in [0.4, 0.5) is 0 Å². The molecule has 1 atom stereocenters. The number of ether oxygens (including phenoxy) is 1. The van der Waals surface area contributed by atoms with Crippen molar-refractivity contribution in [1.82, 2.24) is 5.32 Å². The molecule has 0 fully saturated rings. The summed E-state index contributed by atoms with van der Waals surface area (Å²) in [5, 5.41) is 3.82. The van der Waals surface area contributed by atoms with Gasteiger partial charge in [0.25, 0.3) is 0 Å². The zero-order valence-corrected chi connectivity index (χ0v) is 9.64. The minimum Gasteiger partial charge on any atom is -0.496 e. The second-order valence-corrected chi connectivity index (χ2v) is 3.57. The Kier molecular flexibility index (Phi) is 4.48. The minimum absolute atomic E-state index is 0.0728. The Labute approximate surface area is 95.6 Å². The van der Waals surface area contributed by atoms with Crippen LogP contribution in [-0.2, 0) is 0 Å². The van der Waals surface area contributed by atoms with E-state index in [1.54, 1.807) is 13.2 Å². The van der Waals surface area contributed by atoms with Gasteiger partial charge in [-0.05, 0) is 25.2 Å². The van der Waals surface area contributed by atoms with Gasteiger partial charge in [-0.15, -0.1) is 12.3 Å². The topological polar surface area (TPSA) is 21.3 Å². The van der Waals surface area contributed by atoms with Gasteiger partial charge in [-0.25, -0.2) is 0 Å². The molecule has 1 aromatic rings. The summed E-state index contributed by atoms with van der Waals surface area (Å²) >= 11 is 5.94. The molecule has 0 aliphatic heterocycles. The molecule has 0 saturated heterocycles. The number of nitrogens with one attached hydrogen (secondary N) is 1. The molecule has 80 valence electrons. The highest BCUT2D eigenvalue weighted by molar-refractivity contribution is 6.30. The second-order valence-electron chi connectivity index (χ2n) is 3.14. The van der Waals surface area contributed by atoms with E-state index < -0.39 is 0 Å². The largest absolute Gasteiger partial charge is 0.496 e. The average Bonchev–Trinajstić information content (AvgIpc) is 2.26. The molecular formula is C12H14ClNO. The van der Waals surface area contributed by atoms with Crippen molar-refractivity contribution in [2.24, 2.45) is 0 Å². The summed E-state index contributed by atoms with van der Waals surface area (Å²) in [6.45, 7) is 0. The van der Waals surface area contributed by atoms with Crippen molar-refractivity contribution in [2.75, 3.05) is 14.2 Å². The molecule has 0 heterocycles. The van der Waals surface area contributed by atoms with Crippen LogP contribution in [0.15, 0.2) is 18.2 Å². The summed E-state index contributed by atoms with van der Waals surface area (Å²) in [7, 11) is 3.50. The molecule has 1 N–H and O–H groups in total. The molecule has 1 aromatic carbocycles. The third-order valence-corrected chi connectivity index (χ3v) is 2.47. The number of hydrogen-bond donors (Lipinski definition) is 1. The lowest BCUT2D eigenvalue weighted by Crippen LogP contribution is -2.16. The first-order valence-electron chi connectivity index (χ1n) is 4.67. The Morgan fingerprint density at radius 3 is 2.87 bits per heavy atom. The zero-order valence-electron chi connectivity index (χ0n) is 8.88. The Bertz CT molecular complexity index is 370. The van der Waals surface area contributed by atoms with Crippen LogP contribution in [0.3, 0.4) is 0 Å². The first-order chi connectivity index (χ1) is 7.22. The smallest absolute Gasteiger partial charge is 0.123 e. The molecule has 1 unspecified atom stereocenters. The van der Waals surface area contributed by atoms with E-state index in [4.69, 9.17) is 22.8 Å². The Morgan fingerprint density at radius 2 is 2.33 bits per heavy atom. The number of benzene rings is 1. The summed E-state index contributed by atoms with van der Waals surface area (Å²) in [5.74, 6) is 3.43. The predicted molar refractivity (Wildman–Crippen MR) is 63.3 cm³/mol. The van der Waals surface area contributed by atoms with Crippen LogP contribution < -0.4 is 10.1 Å². The second kappa shape index (κ2) is 5.65. The molecule has 0 radical (unpaired) electrons. The van der Waals surface area contributed by atoms with Crippen molar-refractivity contribution in [1.29, 1.82) is 0 Å². The van der Waals surface area contributed by atoms with E-state index in [0.29, 0.717) is 11.4 Å². The maximum absolute atomic E-state index is 5.94. The lowest BCUT2D eigenvalue weighted by Gasteiger charge is -2.17. The van der Waals surface area contributed by atoms with Gasteiger partial charge in [0.1, 0.15) is 5.75 Å². The van der Waals surface area contributed by atoms with E-state index in [1.165, 1.54) is 0 Å². The standard InChI is InChI=1S/C12H14ClNO/c1-4-5-11(14-2)10-8-9(13)6-7-12(10)15-3/h1,6-8,11,14H,5H2,2-3H3. The van der Waals surface area contributed by atoms with E-state index in [9.17, 15) is 0 Å². The summed E-state index contributed by atoms with van der Waals surface area (Å²) in [6, 6.07) is 5.59. The molecule has 15 heavy (non-hydrogen) atoms. The van der Waals surface area contributed by atoms with Crippen molar-refractivity contribution < 1.29 is 4.74 Å². The van der Waals surface area contributed by atoms with Crippen LogP contribution in [0.2, 0.25) is 5.02 Å². The fraction of sp³-hybridized carbons (Fsp3) is 0.333. The molecule has 0 aliphatic rings. The fourth-order valence-electron chi connectivity index (χ4n) is 1.46. The van der Waals surface area contributed by atoms with Crippen LogP contribution >= 0.6 is 11.6 Å². The van der Waals surface area contributed by atoms with E-state index >= 15 is 0 Å². The highest BCUT2D eigenvalue weighted by Gasteiger charge is 2.13. The monoisotopic (exact) mass is 223 g/mol. The van der Waals surface area contributed by atoms with Gasteiger partial charge in [0, 0.05) is 23.0 Å². The first-order valence-corrected chi connectivity index (χ1v) is 5.05. The summed E-state index contributed by atoms with van der Waals surface area (Å²) in [5.41, 5.74) is 0.991. The van der Waals surface area contributed by atoms with Crippen molar-refractivity contribution in [3.05, 3.63) is 28.8 Å². The van der Waals surface area contributed by atoms with Crippen molar-refractivity contribution >= 4 is 11.6 Å². The van der Waals surface area contributed by atoms with Gasteiger partial charge in [0.15, 0.2) is 0 Å². The number of rotatable bonds is 4. The summed E-state index contributed by atoms with van der Waals surface area (Å²) < 4.78 is 5.26. The van der Waals surface area contributed by atoms with Crippen molar-refractivity contribution in [3.8, 4) is 18.1 Å². The van der Waals surface area contributed by atoms with E-state index in [-0.39, 0.29) is 6.04 Å². The van der Waals surface area contributed by atoms with Gasteiger partial charge < -0.3 is 10.1 Å². The minimum atomic E-state index is 0.0728. The summed E-state index contributed by atoms with van der Waals surface area (Å²) in [6.07, 6.45) is 5.91. The molecule has 0 spiro atoms. The molecule has 0 aromatic heterocycles. The fourth-order valence-corrected chi connectivity index (χ4v) is 1.64. The van der Waals surface area contributed by atoms with E-state index in [2.05, 4.69) is 11.2 Å². The molecule has 0 saturated carbocycles. The Balaban J connectivity index is 3.09. The molecule has 0 bridgehead atoms. The molecule has 2 nitrogen and oxygen atoms in total. The van der Waals surface area contributed by atoms with Gasteiger partial charge in [0.05, 0.1) is 7.11 Å². The number of terminal acetylenes is 1. The quantitative estimate of drug-likeness (QED) is 0.793. The van der Waals surface area contributed by atoms with Gasteiger partial charge in [-0.2, -0.15) is 0 Å². The highest BCUT2D eigenvalue weighted by atomic mass is 35.5. The lowest BCUT2D eigenvalue weighted by atomic mass is 10.0. The SMILES string of the molecule is C#CCC(NC)c1cc(Cl)ccc1OC. The Morgan fingerprint density at radius 1 is 1.60 bits per heavy atom.